The Morgan fingerprint density at radius 2 is 2.11 bits per heavy atom. The van der Waals surface area contributed by atoms with E-state index in [-0.39, 0.29) is 0 Å². The van der Waals surface area contributed by atoms with Crippen molar-refractivity contribution in [2.75, 3.05) is 7.11 Å². The fourth-order valence-electron chi connectivity index (χ4n) is 1.70. The highest BCUT2D eigenvalue weighted by Gasteiger charge is 2.02. The fourth-order valence-corrected chi connectivity index (χ4v) is 1.70. The molecular formula is C15H14N2O2. The summed E-state index contributed by atoms with van der Waals surface area (Å²) < 4.78 is 10.7. The van der Waals surface area contributed by atoms with Crippen LogP contribution in [0.25, 0.3) is 0 Å². The maximum Gasteiger partial charge on any atom is 0.145 e. The lowest BCUT2D eigenvalue weighted by Gasteiger charge is -2.07. The van der Waals surface area contributed by atoms with Crippen molar-refractivity contribution < 1.29 is 9.47 Å². The molecule has 0 radical (unpaired) electrons. The van der Waals surface area contributed by atoms with Gasteiger partial charge in [-0.25, -0.2) is 4.98 Å². The van der Waals surface area contributed by atoms with Gasteiger partial charge < -0.3 is 9.47 Å². The predicted molar refractivity (Wildman–Crippen MR) is 70.4 cm³/mol. The van der Waals surface area contributed by atoms with Gasteiger partial charge in [0.15, 0.2) is 0 Å². The second kappa shape index (κ2) is 6.53. The molecule has 1 aromatic heterocycles. The molecule has 0 amide bonds. The van der Waals surface area contributed by atoms with Crippen LogP contribution in [0.3, 0.4) is 0 Å². The van der Waals surface area contributed by atoms with Gasteiger partial charge >= 0.3 is 0 Å². The monoisotopic (exact) mass is 254 g/mol. The summed E-state index contributed by atoms with van der Waals surface area (Å²) in [7, 11) is 1.63. The van der Waals surface area contributed by atoms with Crippen molar-refractivity contribution in [2.45, 2.75) is 13.2 Å². The molecule has 0 fully saturated rings. The lowest BCUT2D eigenvalue weighted by molar-refractivity contribution is 0.106. The molecule has 0 saturated carbocycles. The highest BCUT2D eigenvalue weighted by atomic mass is 16.5. The quantitative estimate of drug-likeness (QED) is 0.823. The van der Waals surface area contributed by atoms with Gasteiger partial charge in [0.1, 0.15) is 17.5 Å². The predicted octanol–water partition coefficient (Wildman–Crippen LogP) is 2.68. The summed E-state index contributed by atoms with van der Waals surface area (Å²) in [6.07, 6.45) is 1.60. The van der Waals surface area contributed by atoms with Crippen molar-refractivity contribution in [1.82, 2.24) is 4.98 Å². The smallest absolute Gasteiger partial charge is 0.145 e. The number of hydrogen-bond donors (Lipinski definition) is 0. The molecule has 0 N–H and O–H groups in total. The summed E-state index contributed by atoms with van der Waals surface area (Å²) in [6.45, 7) is 0.838. The average Bonchev–Trinajstić information content (AvgIpc) is 2.48. The molecule has 0 aliphatic carbocycles. The lowest BCUT2D eigenvalue weighted by atomic mass is 10.2. The first-order chi connectivity index (χ1) is 9.33. The molecule has 0 unspecified atom stereocenters. The second-order valence-electron chi connectivity index (χ2n) is 3.97. The van der Waals surface area contributed by atoms with E-state index in [2.05, 4.69) is 11.1 Å². The molecule has 4 heteroatoms. The van der Waals surface area contributed by atoms with E-state index in [1.165, 1.54) is 0 Å². The van der Waals surface area contributed by atoms with Crippen molar-refractivity contribution in [1.29, 1.82) is 5.26 Å². The maximum absolute atomic E-state index is 8.92. The van der Waals surface area contributed by atoms with Crippen LogP contribution in [-0.4, -0.2) is 12.1 Å². The minimum absolute atomic E-state index is 0.369. The largest absolute Gasteiger partial charge is 0.497 e. The number of rotatable bonds is 5. The molecule has 96 valence electrons. The number of pyridine rings is 1. The van der Waals surface area contributed by atoms with E-state index >= 15 is 0 Å². The second-order valence-corrected chi connectivity index (χ2v) is 3.97. The van der Waals surface area contributed by atoms with Gasteiger partial charge in [-0.3, -0.25) is 0 Å². The maximum atomic E-state index is 8.92. The Bertz CT molecular complexity index is 591. The molecule has 4 nitrogen and oxygen atoms in total. The van der Waals surface area contributed by atoms with Crippen molar-refractivity contribution in [3.8, 4) is 11.8 Å². The minimum atomic E-state index is 0.369. The highest BCUT2D eigenvalue weighted by molar-refractivity contribution is 5.30. The highest BCUT2D eigenvalue weighted by Crippen LogP contribution is 2.14. The number of ether oxygens (including phenoxy) is 2. The van der Waals surface area contributed by atoms with Gasteiger partial charge in [0.2, 0.25) is 0 Å². The SMILES string of the molecule is COc1cccc(COCc2cccnc2C#N)c1. The van der Waals surface area contributed by atoms with Crippen molar-refractivity contribution >= 4 is 0 Å². The molecule has 0 aliphatic rings. The topological polar surface area (TPSA) is 55.1 Å². The Balaban J connectivity index is 1.94. The van der Waals surface area contributed by atoms with Gasteiger partial charge in [-0.05, 0) is 23.8 Å². The average molecular weight is 254 g/mol. The number of hydrogen-bond acceptors (Lipinski definition) is 4. The summed E-state index contributed by atoms with van der Waals surface area (Å²) in [5.74, 6) is 0.806. The number of nitrogens with zero attached hydrogens (tertiary/aromatic N) is 2. The molecule has 2 rings (SSSR count). The van der Waals surface area contributed by atoms with Crippen LogP contribution in [-0.2, 0) is 18.0 Å². The molecule has 1 heterocycles. The first kappa shape index (κ1) is 13.1. The third-order valence-electron chi connectivity index (χ3n) is 2.66. The van der Waals surface area contributed by atoms with Crippen LogP contribution in [0.4, 0.5) is 0 Å². The zero-order valence-electron chi connectivity index (χ0n) is 10.7. The van der Waals surface area contributed by atoms with Crippen LogP contribution in [0.2, 0.25) is 0 Å². The van der Waals surface area contributed by atoms with E-state index in [0.29, 0.717) is 18.9 Å². The third kappa shape index (κ3) is 3.54. The summed E-state index contributed by atoms with van der Waals surface area (Å²) in [4.78, 5) is 3.99. The van der Waals surface area contributed by atoms with Crippen molar-refractivity contribution in [3.63, 3.8) is 0 Å². The van der Waals surface area contributed by atoms with Crippen LogP contribution >= 0.6 is 0 Å². The molecule has 0 aliphatic heterocycles. The van der Waals surface area contributed by atoms with Gasteiger partial charge in [0.05, 0.1) is 20.3 Å². The zero-order chi connectivity index (χ0) is 13.5. The molecule has 0 spiro atoms. The van der Waals surface area contributed by atoms with Crippen LogP contribution in [0.15, 0.2) is 42.6 Å². The molecule has 2 aromatic rings. The number of aromatic nitrogens is 1. The van der Waals surface area contributed by atoms with Gasteiger partial charge in [0.25, 0.3) is 0 Å². The molecule has 19 heavy (non-hydrogen) atoms. The molecule has 0 bridgehead atoms. The summed E-state index contributed by atoms with van der Waals surface area (Å²) in [5.41, 5.74) is 2.24. The van der Waals surface area contributed by atoms with Crippen LogP contribution < -0.4 is 4.74 Å². The minimum Gasteiger partial charge on any atom is -0.497 e. The summed E-state index contributed by atoms with van der Waals surface area (Å²) >= 11 is 0. The van der Waals surface area contributed by atoms with E-state index in [0.717, 1.165) is 16.9 Å². The Kier molecular flexibility index (Phi) is 4.49. The van der Waals surface area contributed by atoms with Crippen molar-refractivity contribution in [2.24, 2.45) is 0 Å². The van der Waals surface area contributed by atoms with Gasteiger partial charge in [-0.2, -0.15) is 5.26 Å². The number of nitriles is 1. The molecule has 1 aromatic carbocycles. The standard InChI is InChI=1S/C15H14N2O2/c1-18-14-6-2-4-12(8-14)10-19-11-13-5-3-7-17-15(13)9-16/h2-8H,10-11H2,1H3. The van der Waals surface area contributed by atoms with E-state index in [1.807, 2.05) is 30.3 Å². The Hall–Kier alpha value is -2.38. The first-order valence-electron chi connectivity index (χ1n) is 5.88. The normalized spacial score (nSPS) is 9.89. The van der Waals surface area contributed by atoms with E-state index < -0.39 is 0 Å². The van der Waals surface area contributed by atoms with Crippen molar-refractivity contribution in [3.05, 3.63) is 59.4 Å². The zero-order valence-corrected chi connectivity index (χ0v) is 10.7. The van der Waals surface area contributed by atoms with Gasteiger partial charge in [-0.1, -0.05) is 18.2 Å². The Morgan fingerprint density at radius 3 is 2.89 bits per heavy atom. The molecular weight excluding hydrogens is 240 g/mol. The Morgan fingerprint density at radius 1 is 1.21 bits per heavy atom. The van der Waals surface area contributed by atoms with Crippen LogP contribution in [0, 0.1) is 11.3 Å². The lowest BCUT2D eigenvalue weighted by Crippen LogP contribution is -1.98. The van der Waals surface area contributed by atoms with Crippen LogP contribution in [0.1, 0.15) is 16.8 Å². The third-order valence-corrected chi connectivity index (χ3v) is 2.66. The van der Waals surface area contributed by atoms with Gasteiger partial charge in [0, 0.05) is 11.8 Å². The number of benzene rings is 1. The van der Waals surface area contributed by atoms with Crippen LogP contribution in [0.5, 0.6) is 5.75 Å². The molecule has 0 atom stereocenters. The van der Waals surface area contributed by atoms with E-state index in [9.17, 15) is 0 Å². The fraction of sp³-hybridized carbons (Fsp3) is 0.200. The number of methoxy groups -OCH3 is 1. The van der Waals surface area contributed by atoms with E-state index in [1.54, 1.807) is 19.4 Å². The van der Waals surface area contributed by atoms with E-state index in [4.69, 9.17) is 14.7 Å². The first-order valence-corrected chi connectivity index (χ1v) is 5.88. The van der Waals surface area contributed by atoms with Gasteiger partial charge in [-0.15, -0.1) is 0 Å². The summed E-state index contributed by atoms with van der Waals surface area (Å²) in [5, 5.41) is 8.92. The molecule has 0 saturated heterocycles. The Labute approximate surface area is 112 Å². The summed E-state index contributed by atoms with van der Waals surface area (Å²) in [6, 6.07) is 13.4.